The van der Waals surface area contributed by atoms with Crippen molar-refractivity contribution in [1.29, 1.82) is 0 Å². The number of nitrogens with one attached hydrogen (secondary N) is 2. The Kier molecular flexibility index (Phi) is 7.99. The first kappa shape index (κ1) is 23.9. The van der Waals surface area contributed by atoms with Crippen LogP contribution in [0, 0.1) is 19.7 Å². The molecular formula is C25H31FN4OS. The van der Waals surface area contributed by atoms with Crippen molar-refractivity contribution < 1.29 is 4.39 Å². The van der Waals surface area contributed by atoms with Crippen LogP contribution < -0.4 is 10.9 Å². The molecule has 0 fully saturated rings. The number of aromatic nitrogens is 1. The molecule has 1 heterocycles. The van der Waals surface area contributed by atoms with E-state index in [9.17, 15) is 9.18 Å². The van der Waals surface area contributed by atoms with E-state index in [-0.39, 0.29) is 11.4 Å². The van der Waals surface area contributed by atoms with Crippen molar-refractivity contribution >= 4 is 28.2 Å². The van der Waals surface area contributed by atoms with Gasteiger partial charge in [0, 0.05) is 18.7 Å². The molecule has 0 spiro atoms. The maximum atomic E-state index is 13.4. The minimum absolute atomic E-state index is 0.120. The minimum atomic E-state index is -0.277. The zero-order valence-corrected chi connectivity index (χ0v) is 20.0. The number of hydrogen-bond donors (Lipinski definition) is 2. The van der Waals surface area contributed by atoms with Gasteiger partial charge in [0.05, 0.1) is 12.1 Å². The molecule has 2 aromatic carbocycles. The summed E-state index contributed by atoms with van der Waals surface area (Å²) in [6, 6.07) is 12.4. The van der Waals surface area contributed by atoms with Crippen molar-refractivity contribution in [3.8, 4) is 0 Å². The van der Waals surface area contributed by atoms with Gasteiger partial charge in [-0.25, -0.2) is 4.39 Å². The van der Waals surface area contributed by atoms with Gasteiger partial charge in [0.2, 0.25) is 0 Å². The number of hydrogen-bond acceptors (Lipinski definition) is 3. The van der Waals surface area contributed by atoms with Gasteiger partial charge in [-0.2, -0.15) is 0 Å². The minimum Gasteiger partial charge on any atom is -0.363 e. The second-order valence-corrected chi connectivity index (χ2v) is 8.85. The Hall–Kier alpha value is -2.77. The molecule has 0 aliphatic carbocycles. The molecule has 0 saturated heterocycles. The summed E-state index contributed by atoms with van der Waals surface area (Å²) in [5.74, 6) is -0.277. The molecular weight excluding hydrogens is 423 g/mol. The second kappa shape index (κ2) is 10.7. The number of thiocarbonyl (C=S) groups is 1. The number of pyridine rings is 1. The van der Waals surface area contributed by atoms with Crippen molar-refractivity contribution in [3.63, 3.8) is 0 Å². The fourth-order valence-electron chi connectivity index (χ4n) is 3.61. The van der Waals surface area contributed by atoms with Crippen LogP contribution in [-0.4, -0.2) is 47.1 Å². The molecule has 0 radical (unpaired) electrons. The van der Waals surface area contributed by atoms with E-state index in [0.717, 1.165) is 47.1 Å². The Balaban J connectivity index is 1.84. The van der Waals surface area contributed by atoms with Crippen LogP contribution in [0.15, 0.2) is 47.3 Å². The van der Waals surface area contributed by atoms with Crippen LogP contribution in [0.5, 0.6) is 0 Å². The van der Waals surface area contributed by atoms with E-state index in [2.05, 4.69) is 21.3 Å². The molecule has 3 aromatic rings. The molecule has 0 saturated carbocycles. The highest BCUT2D eigenvalue weighted by Gasteiger charge is 2.15. The monoisotopic (exact) mass is 454 g/mol. The van der Waals surface area contributed by atoms with E-state index in [0.29, 0.717) is 23.8 Å². The van der Waals surface area contributed by atoms with Crippen molar-refractivity contribution in [2.45, 2.75) is 33.4 Å². The lowest BCUT2D eigenvalue weighted by atomic mass is 10.0. The predicted molar refractivity (Wildman–Crippen MR) is 133 cm³/mol. The Morgan fingerprint density at radius 2 is 1.81 bits per heavy atom. The lowest BCUT2D eigenvalue weighted by Crippen LogP contribution is -2.40. The number of rotatable bonds is 8. The number of benzene rings is 2. The maximum Gasteiger partial charge on any atom is 0.253 e. The SMILES string of the molecule is Cc1ccc2cc(CN(Cc3ccc(F)cc3)C(=S)NCCCN(C)C)c(=O)[nH]c2c1C. The highest BCUT2D eigenvalue weighted by atomic mass is 32.1. The number of aryl methyl sites for hydroxylation is 2. The zero-order chi connectivity index (χ0) is 23.3. The topological polar surface area (TPSA) is 51.4 Å². The molecule has 3 rings (SSSR count). The Labute approximate surface area is 194 Å². The lowest BCUT2D eigenvalue weighted by molar-refractivity contribution is 0.383. The first-order valence-electron chi connectivity index (χ1n) is 10.8. The van der Waals surface area contributed by atoms with Crippen LogP contribution in [0.1, 0.15) is 28.7 Å². The second-order valence-electron chi connectivity index (χ2n) is 8.47. The molecule has 0 atom stereocenters. The molecule has 7 heteroatoms. The quantitative estimate of drug-likeness (QED) is 0.396. The summed E-state index contributed by atoms with van der Waals surface area (Å²) in [4.78, 5) is 20.0. The van der Waals surface area contributed by atoms with Crippen LogP contribution in [-0.2, 0) is 13.1 Å². The largest absolute Gasteiger partial charge is 0.363 e. The number of halogens is 1. The highest BCUT2D eigenvalue weighted by molar-refractivity contribution is 7.80. The summed E-state index contributed by atoms with van der Waals surface area (Å²) in [5.41, 5.74) is 4.53. The van der Waals surface area contributed by atoms with E-state index in [1.807, 2.05) is 45.0 Å². The highest BCUT2D eigenvalue weighted by Crippen LogP contribution is 2.20. The Morgan fingerprint density at radius 1 is 1.09 bits per heavy atom. The molecule has 170 valence electrons. The van der Waals surface area contributed by atoms with Gasteiger partial charge in [-0.15, -0.1) is 0 Å². The number of nitrogens with zero attached hydrogens (tertiary/aromatic N) is 2. The molecule has 0 amide bonds. The van der Waals surface area contributed by atoms with Gasteiger partial charge in [0.1, 0.15) is 5.82 Å². The van der Waals surface area contributed by atoms with Crippen LogP contribution in [0.3, 0.4) is 0 Å². The average molecular weight is 455 g/mol. The summed E-state index contributed by atoms with van der Waals surface area (Å²) in [7, 11) is 4.07. The van der Waals surface area contributed by atoms with E-state index in [1.54, 1.807) is 12.1 Å². The van der Waals surface area contributed by atoms with E-state index >= 15 is 0 Å². The molecule has 0 bridgehead atoms. The van der Waals surface area contributed by atoms with E-state index in [4.69, 9.17) is 12.2 Å². The summed E-state index contributed by atoms with van der Waals surface area (Å²) >= 11 is 5.67. The Bertz CT molecular complexity index is 1140. The van der Waals surface area contributed by atoms with Crippen LogP contribution >= 0.6 is 12.2 Å². The van der Waals surface area contributed by atoms with Crippen molar-refractivity contribution in [3.05, 3.63) is 80.9 Å². The summed E-state index contributed by atoms with van der Waals surface area (Å²) in [6.07, 6.45) is 0.951. The maximum absolute atomic E-state index is 13.4. The summed E-state index contributed by atoms with van der Waals surface area (Å²) in [6.45, 7) is 6.58. The zero-order valence-electron chi connectivity index (χ0n) is 19.2. The molecule has 0 unspecified atom stereocenters. The van der Waals surface area contributed by atoms with Gasteiger partial charge >= 0.3 is 0 Å². The summed E-state index contributed by atoms with van der Waals surface area (Å²) < 4.78 is 13.4. The third kappa shape index (κ3) is 6.14. The molecule has 5 nitrogen and oxygen atoms in total. The molecule has 2 N–H and O–H groups in total. The molecule has 1 aromatic heterocycles. The molecule has 0 aliphatic rings. The third-order valence-corrected chi connectivity index (χ3v) is 6.02. The standard InChI is InChI=1S/C25H31FN4OS/c1-17-6-9-20-14-21(24(31)28-23(20)18(17)2)16-30(15-19-7-10-22(26)11-8-19)25(32)27-12-5-13-29(3)4/h6-11,14H,5,12-13,15-16H2,1-4H3,(H,27,32)(H,28,31). The van der Waals surface area contributed by atoms with Crippen molar-refractivity contribution in [2.75, 3.05) is 27.2 Å². The molecule has 32 heavy (non-hydrogen) atoms. The number of H-pyrrole nitrogens is 1. The normalized spacial score (nSPS) is 11.2. The van der Waals surface area contributed by atoms with Gasteiger partial charge in [-0.05, 0) is 93.4 Å². The first-order chi connectivity index (χ1) is 15.2. The number of aromatic amines is 1. The predicted octanol–water partition coefficient (Wildman–Crippen LogP) is 4.11. The van der Waals surface area contributed by atoms with E-state index < -0.39 is 0 Å². The Morgan fingerprint density at radius 3 is 2.50 bits per heavy atom. The van der Waals surface area contributed by atoms with Crippen molar-refractivity contribution in [2.24, 2.45) is 0 Å². The smallest absolute Gasteiger partial charge is 0.253 e. The van der Waals surface area contributed by atoms with Gasteiger partial charge in [-0.1, -0.05) is 24.3 Å². The van der Waals surface area contributed by atoms with Gasteiger partial charge in [0.15, 0.2) is 5.11 Å². The van der Waals surface area contributed by atoms with Gasteiger partial charge in [0.25, 0.3) is 5.56 Å². The fraction of sp³-hybridized carbons (Fsp3) is 0.360. The van der Waals surface area contributed by atoms with Gasteiger partial charge < -0.3 is 20.1 Å². The fourth-order valence-corrected chi connectivity index (χ4v) is 3.84. The van der Waals surface area contributed by atoms with E-state index in [1.165, 1.54) is 12.1 Å². The van der Waals surface area contributed by atoms with Gasteiger partial charge in [-0.3, -0.25) is 4.79 Å². The first-order valence-corrected chi connectivity index (χ1v) is 11.2. The van der Waals surface area contributed by atoms with Crippen LogP contribution in [0.2, 0.25) is 0 Å². The van der Waals surface area contributed by atoms with Crippen molar-refractivity contribution in [1.82, 2.24) is 20.1 Å². The summed E-state index contributed by atoms with van der Waals surface area (Å²) in [5, 5.41) is 4.88. The number of fused-ring (bicyclic) bond motifs is 1. The van der Waals surface area contributed by atoms with Crippen LogP contribution in [0.4, 0.5) is 4.39 Å². The lowest BCUT2D eigenvalue weighted by Gasteiger charge is -2.26. The molecule has 0 aliphatic heterocycles. The third-order valence-electron chi connectivity index (χ3n) is 5.62. The van der Waals surface area contributed by atoms with Crippen LogP contribution in [0.25, 0.3) is 10.9 Å². The average Bonchev–Trinajstić information content (AvgIpc) is 2.75.